The standard InChI is InChI=1S/C31H28Cl3N3O6S/c1-3-42-28-7-5-4-6-27(28)37(44(39,40)25-13-11-23(32)12-14-25)19-31(38)36-35-18-21-8-15-29(30(16-21)41-2)43-20-22-9-10-24(33)17-26(22)34/h4-18H,3,19-20H2,1-2H3,(H,36,38)/b35-18-. The second-order valence-electron chi connectivity index (χ2n) is 9.09. The topological polar surface area (TPSA) is 107 Å². The first-order chi connectivity index (χ1) is 21.1. The SMILES string of the molecule is CCOc1ccccc1N(CC(=O)N/N=C\c1ccc(OCc2ccc(Cl)cc2Cl)c(OC)c1)S(=O)(=O)c1ccc(Cl)cc1. The van der Waals surface area contributed by atoms with Crippen molar-refractivity contribution in [1.82, 2.24) is 5.43 Å². The number of sulfonamides is 1. The number of benzene rings is 4. The van der Waals surface area contributed by atoms with Gasteiger partial charge in [0.2, 0.25) is 0 Å². The average molecular weight is 677 g/mol. The molecular formula is C31H28Cl3N3O6S. The van der Waals surface area contributed by atoms with Gasteiger partial charge < -0.3 is 14.2 Å². The zero-order valence-electron chi connectivity index (χ0n) is 23.7. The molecule has 0 atom stereocenters. The molecule has 0 saturated carbocycles. The minimum atomic E-state index is -4.19. The first kappa shape index (κ1) is 32.9. The highest BCUT2D eigenvalue weighted by atomic mass is 35.5. The summed E-state index contributed by atoms with van der Waals surface area (Å²) in [6.45, 7) is 1.69. The number of rotatable bonds is 13. The van der Waals surface area contributed by atoms with Gasteiger partial charge in [0.05, 0.1) is 30.5 Å². The van der Waals surface area contributed by atoms with Crippen molar-refractivity contribution in [2.75, 3.05) is 24.6 Å². The van der Waals surface area contributed by atoms with Gasteiger partial charge in [0.15, 0.2) is 11.5 Å². The van der Waals surface area contributed by atoms with Gasteiger partial charge in [0, 0.05) is 20.6 Å². The Hall–Kier alpha value is -3.96. The van der Waals surface area contributed by atoms with Gasteiger partial charge >= 0.3 is 0 Å². The molecule has 44 heavy (non-hydrogen) atoms. The first-order valence-electron chi connectivity index (χ1n) is 13.2. The molecule has 4 rings (SSSR count). The number of amides is 1. The maximum absolute atomic E-state index is 13.7. The van der Waals surface area contributed by atoms with Crippen molar-refractivity contribution in [3.8, 4) is 17.2 Å². The maximum Gasteiger partial charge on any atom is 0.264 e. The normalized spacial score (nSPS) is 11.3. The van der Waals surface area contributed by atoms with Gasteiger partial charge in [0.1, 0.15) is 18.9 Å². The lowest BCUT2D eigenvalue weighted by Crippen LogP contribution is -2.39. The summed E-state index contributed by atoms with van der Waals surface area (Å²) in [7, 11) is -2.70. The fourth-order valence-electron chi connectivity index (χ4n) is 4.00. The van der Waals surface area contributed by atoms with E-state index in [1.807, 2.05) is 0 Å². The molecule has 9 nitrogen and oxygen atoms in total. The molecule has 0 unspecified atom stereocenters. The lowest BCUT2D eigenvalue weighted by atomic mass is 10.2. The maximum atomic E-state index is 13.7. The Morgan fingerprint density at radius 2 is 1.61 bits per heavy atom. The van der Waals surface area contributed by atoms with Crippen molar-refractivity contribution in [2.45, 2.75) is 18.4 Å². The van der Waals surface area contributed by atoms with Gasteiger partial charge in [-0.15, -0.1) is 0 Å². The second-order valence-corrected chi connectivity index (χ2v) is 12.2. The minimum Gasteiger partial charge on any atom is -0.493 e. The summed E-state index contributed by atoms with van der Waals surface area (Å²) in [6.07, 6.45) is 1.40. The predicted octanol–water partition coefficient (Wildman–Crippen LogP) is 6.98. The van der Waals surface area contributed by atoms with Crippen LogP contribution in [0.4, 0.5) is 5.69 Å². The van der Waals surface area contributed by atoms with E-state index in [-0.39, 0.29) is 17.2 Å². The molecular weight excluding hydrogens is 649 g/mol. The lowest BCUT2D eigenvalue weighted by molar-refractivity contribution is -0.119. The minimum absolute atomic E-state index is 0.0442. The molecule has 0 aliphatic rings. The van der Waals surface area contributed by atoms with E-state index in [1.165, 1.54) is 37.6 Å². The van der Waals surface area contributed by atoms with Crippen LogP contribution in [0.1, 0.15) is 18.1 Å². The molecule has 0 spiro atoms. The summed E-state index contributed by atoms with van der Waals surface area (Å²) < 4.78 is 45.3. The van der Waals surface area contributed by atoms with E-state index in [1.54, 1.807) is 67.6 Å². The van der Waals surface area contributed by atoms with Crippen LogP contribution in [-0.2, 0) is 21.4 Å². The molecule has 0 aliphatic carbocycles. The molecule has 230 valence electrons. The molecule has 13 heteroatoms. The molecule has 0 saturated heterocycles. The third-order valence-electron chi connectivity index (χ3n) is 6.11. The van der Waals surface area contributed by atoms with Gasteiger partial charge in [-0.1, -0.05) is 53.0 Å². The Balaban J connectivity index is 1.49. The zero-order chi connectivity index (χ0) is 31.7. The van der Waals surface area contributed by atoms with Crippen LogP contribution in [0.5, 0.6) is 17.2 Å². The predicted molar refractivity (Wildman–Crippen MR) is 173 cm³/mol. The summed E-state index contributed by atoms with van der Waals surface area (Å²) in [5.41, 5.74) is 3.93. The highest BCUT2D eigenvalue weighted by molar-refractivity contribution is 7.92. The molecule has 0 bridgehead atoms. The second kappa shape index (κ2) is 15.2. The van der Waals surface area contributed by atoms with Crippen LogP contribution in [-0.4, -0.2) is 40.8 Å². The zero-order valence-corrected chi connectivity index (χ0v) is 26.8. The quantitative estimate of drug-likeness (QED) is 0.121. The van der Waals surface area contributed by atoms with Crippen molar-refractivity contribution in [3.05, 3.63) is 111 Å². The van der Waals surface area contributed by atoms with Crippen LogP contribution in [0.25, 0.3) is 0 Å². The van der Waals surface area contributed by atoms with Crippen molar-refractivity contribution in [3.63, 3.8) is 0 Å². The Labute approximate surface area is 271 Å². The van der Waals surface area contributed by atoms with Crippen LogP contribution in [0.3, 0.4) is 0 Å². The Kier molecular flexibility index (Phi) is 11.4. The number of hydrazone groups is 1. The monoisotopic (exact) mass is 675 g/mol. The summed E-state index contributed by atoms with van der Waals surface area (Å²) >= 11 is 18.2. The molecule has 0 aromatic heterocycles. The van der Waals surface area contributed by atoms with Crippen LogP contribution in [0.2, 0.25) is 15.1 Å². The lowest BCUT2D eigenvalue weighted by Gasteiger charge is -2.25. The van der Waals surface area contributed by atoms with E-state index in [0.29, 0.717) is 44.5 Å². The summed E-state index contributed by atoms with van der Waals surface area (Å²) in [6, 6.07) is 22.4. The fourth-order valence-corrected chi connectivity index (χ4v) is 6.02. The molecule has 4 aromatic rings. The van der Waals surface area contributed by atoms with Crippen LogP contribution >= 0.6 is 34.8 Å². The van der Waals surface area contributed by atoms with Crippen molar-refractivity contribution < 1.29 is 27.4 Å². The number of ether oxygens (including phenoxy) is 3. The molecule has 0 aliphatic heterocycles. The van der Waals surface area contributed by atoms with E-state index in [4.69, 9.17) is 49.0 Å². The van der Waals surface area contributed by atoms with Crippen LogP contribution in [0, 0.1) is 0 Å². The molecule has 1 N–H and O–H groups in total. The Morgan fingerprint density at radius 1 is 0.886 bits per heavy atom. The Bertz CT molecular complexity index is 1750. The van der Waals surface area contributed by atoms with Crippen molar-refractivity contribution >= 4 is 62.6 Å². The van der Waals surface area contributed by atoms with Crippen molar-refractivity contribution in [2.24, 2.45) is 5.10 Å². The number of halogens is 3. The number of hydrogen-bond donors (Lipinski definition) is 1. The van der Waals surface area contributed by atoms with E-state index >= 15 is 0 Å². The van der Waals surface area contributed by atoms with Gasteiger partial charge in [-0.05, 0) is 79.2 Å². The molecule has 4 aromatic carbocycles. The number of hydrogen-bond acceptors (Lipinski definition) is 7. The van der Waals surface area contributed by atoms with E-state index < -0.39 is 22.5 Å². The average Bonchev–Trinajstić information content (AvgIpc) is 3.00. The van der Waals surface area contributed by atoms with Crippen LogP contribution in [0.15, 0.2) is 94.9 Å². The number of nitrogens with one attached hydrogen (secondary N) is 1. The van der Waals surface area contributed by atoms with Gasteiger partial charge in [-0.2, -0.15) is 5.10 Å². The first-order valence-corrected chi connectivity index (χ1v) is 15.8. The highest BCUT2D eigenvalue weighted by Gasteiger charge is 2.29. The Morgan fingerprint density at radius 3 is 2.32 bits per heavy atom. The summed E-state index contributed by atoms with van der Waals surface area (Å²) in [4.78, 5) is 13.0. The highest BCUT2D eigenvalue weighted by Crippen LogP contribution is 2.33. The summed E-state index contributed by atoms with van der Waals surface area (Å²) in [5.74, 6) is 0.516. The number of nitrogens with zero attached hydrogens (tertiary/aromatic N) is 2. The number of para-hydroxylation sites is 2. The molecule has 0 radical (unpaired) electrons. The van der Waals surface area contributed by atoms with E-state index in [2.05, 4.69) is 10.5 Å². The number of anilines is 1. The van der Waals surface area contributed by atoms with Crippen molar-refractivity contribution in [1.29, 1.82) is 0 Å². The van der Waals surface area contributed by atoms with E-state index in [0.717, 1.165) is 9.87 Å². The number of methoxy groups -OCH3 is 1. The molecule has 0 heterocycles. The third kappa shape index (κ3) is 8.35. The third-order valence-corrected chi connectivity index (χ3v) is 8.72. The molecule has 1 amide bonds. The fraction of sp³-hybridized carbons (Fsp3) is 0.161. The largest absolute Gasteiger partial charge is 0.493 e. The smallest absolute Gasteiger partial charge is 0.264 e. The number of carbonyl (C=O) groups excluding carboxylic acids is 1. The van der Waals surface area contributed by atoms with Gasteiger partial charge in [-0.3, -0.25) is 9.10 Å². The van der Waals surface area contributed by atoms with E-state index in [9.17, 15) is 13.2 Å². The van der Waals surface area contributed by atoms with Gasteiger partial charge in [0.25, 0.3) is 15.9 Å². The molecule has 0 fully saturated rings. The van der Waals surface area contributed by atoms with Gasteiger partial charge in [-0.25, -0.2) is 13.8 Å². The van der Waals surface area contributed by atoms with Crippen LogP contribution < -0.4 is 23.9 Å². The number of carbonyl (C=O) groups is 1. The summed E-state index contributed by atoms with van der Waals surface area (Å²) in [5, 5.41) is 5.39.